The van der Waals surface area contributed by atoms with Crippen LogP contribution >= 0.6 is 0 Å². The van der Waals surface area contributed by atoms with Crippen LogP contribution in [0.1, 0.15) is 6.92 Å². The molecule has 0 bridgehead atoms. The zero-order valence-corrected chi connectivity index (χ0v) is 13.1. The molecule has 5 nitrogen and oxygen atoms in total. The van der Waals surface area contributed by atoms with Gasteiger partial charge in [0.2, 0.25) is 0 Å². The first kappa shape index (κ1) is 14.4. The van der Waals surface area contributed by atoms with Gasteiger partial charge in [-0.2, -0.15) is 0 Å². The summed E-state index contributed by atoms with van der Waals surface area (Å²) in [7, 11) is 0. The lowest BCUT2D eigenvalue weighted by Crippen LogP contribution is -2.38. The molecule has 24 heavy (non-hydrogen) atoms. The Kier molecular flexibility index (Phi) is 3.27. The predicted molar refractivity (Wildman–Crippen MR) is 93.9 cm³/mol. The van der Waals surface area contributed by atoms with Crippen LogP contribution in [0, 0.1) is 0 Å². The third-order valence-corrected chi connectivity index (χ3v) is 4.16. The number of fused-ring (bicyclic) bond motifs is 3. The van der Waals surface area contributed by atoms with Crippen molar-refractivity contribution in [1.82, 2.24) is 14.1 Å². The molecule has 0 atom stereocenters. The molecule has 2 heterocycles. The molecule has 1 aliphatic heterocycles. The standard InChI is InChI=1S/C19H15N3O2/c1-2-21-17-16(14-11-7-4-8-12-15(14)20-17)18(23)22(19(21)24)13-9-5-3-6-10-13/h3-12H,2H2,1H3. The Morgan fingerprint density at radius 1 is 0.917 bits per heavy atom. The fraction of sp³-hybridized carbons (Fsp3) is 0.105. The lowest BCUT2D eigenvalue weighted by molar-refractivity contribution is 0.687. The van der Waals surface area contributed by atoms with Crippen molar-refractivity contribution in [3.05, 3.63) is 81.5 Å². The largest absolute Gasteiger partial charge is 0.337 e. The van der Waals surface area contributed by atoms with E-state index in [-0.39, 0.29) is 11.2 Å². The molecule has 4 rings (SSSR count). The molecule has 0 spiro atoms. The fourth-order valence-electron chi connectivity index (χ4n) is 3.04. The minimum atomic E-state index is -0.367. The van der Waals surface area contributed by atoms with Crippen LogP contribution in [0.15, 0.2) is 70.3 Å². The quantitative estimate of drug-likeness (QED) is 0.571. The number of hydrogen-bond acceptors (Lipinski definition) is 3. The second-order valence-electron chi connectivity index (χ2n) is 5.52. The van der Waals surface area contributed by atoms with E-state index in [1.807, 2.05) is 55.5 Å². The minimum absolute atomic E-state index is 0.334. The second kappa shape index (κ2) is 5.45. The summed E-state index contributed by atoms with van der Waals surface area (Å²) in [6.07, 6.45) is 0. The molecule has 0 unspecified atom stereocenters. The van der Waals surface area contributed by atoms with Crippen molar-refractivity contribution >= 4 is 11.0 Å². The van der Waals surface area contributed by atoms with E-state index in [0.29, 0.717) is 29.0 Å². The Labute approximate surface area is 137 Å². The molecule has 0 radical (unpaired) electrons. The normalized spacial score (nSPS) is 11.2. The van der Waals surface area contributed by atoms with E-state index in [2.05, 4.69) is 4.98 Å². The number of benzene rings is 1. The monoisotopic (exact) mass is 317 g/mol. The molecule has 1 aliphatic carbocycles. The molecule has 1 aromatic heterocycles. The van der Waals surface area contributed by atoms with Crippen molar-refractivity contribution in [2.24, 2.45) is 0 Å². The third kappa shape index (κ3) is 1.98. The van der Waals surface area contributed by atoms with Crippen molar-refractivity contribution in [3.63, 3.8) is 0 Å². The zero-order valence-electron chi connectivity index (χ0n) is 13.1. The Balaban J connectivity index is 2.24. The number of rotatable bonds is 2. The first-order valence-corrected chi connectivity index (χ1v) is 7.82. The maximum Gasteiger partial charge on any atom is 0.337 e. The van der Waals surface area contributed by atoms with Crippen LogP contribution in [0.2, 0.25) is 0 Å². The van der Waals surface area contributed by atoms with E-state index < -0.39 is 0 Å². The topological polar surface area (TPSA) is 56.9 Å². The molecule has 1 aromatic carbocycles. The predicted octanol–water partition coefficient (Wildman–Crippen LogP) is 2.67. The van der Waals surface area contributed by atoms with Gasteiger partial charge >= 0.3 is 5.69 Å². The number of hydrogen-bond donors (Lipinski definition) is 0. The fourth-order valence-corrected chi connectivity index (χ4v) is 3.04. The summed E-state index contributed by atoms with van der Waals surface area (Å²) in [5.41, 5.74) is 1.77. The Morgan fingerprint density at radius 3 is 2.29 bits per heavy atom. The molecule has 0 fully saturated rings. The highest BCUT2D eigenvalue weighted by Gasteiger charge is 2.21. The van der Waals surface area contributed by atoms with Crippen molar-refractivity contribution in [3.8, 4) is 16.9 Å². The summed E-state index contributed by atoms with van der Waals surface area (Å²) < 4.78 is 2.77. The van der Waals surface area contributed by atoms with Crippen LogP contribution in [0.3, 0.4) is 0 Å². The zero-order chi connectivity index (χ0) is 16.7. The summed E-state index contributed by atoms with van der Waals surface area (Å²) >= 11 is 0. The molecular weight excluding hydrogens is 302 g/mol. The summed E-state index contributed by atoms with van der Waals surface area (Å²) in [6, 6.07) is 18.3. The molecule has 2 aliphatic rings. The maximum absolute atomic E-state index is 13.1. The van der Waals surface area contributed by atoms with Gasteiger partial charge in [0.15, 0.2) is 5.65 Å². The molecule has 0 amide bonds. The number of aryl methyl sites for hydroxylation is 1. The van der Waals surface area contributed by atoms with Crippen LogP contribution in [0.25, 0.3) is 28.0 Å². The van der Waals surface area contributed by atoms with E-state index >= 15 is 0 Å². The van der Waals surface area contributed by atoms with Crippen molar-refractivity contribution < 1.29 is 0 Å². The van der Waals surface area contributed by atoms with Crippen LogP contribution in [-0.2, 0) is 6.54 Å². The van der Waals surface area contributed by atoms with Gasteiger partial charge in [-0.15, -0.1) is 0 Å². The average Bonchev–Trinajstić information content (AvgIpc) is 2.79. The average molecular weight is 317 g/mol. The lowest BCUT2D eigenvalue weighted by atomic mass is 10.2. The van der Waals surface area contributed by atoms with Crippen molar-refractivity contribution in [2.45, 2.75) is 13.5 Å². The van der Waals surface area contributed by atoms with E-state index in [4.69, 9.17) is 0 Å². The molecule has 0 saturated carbocycles. The van der Waals surface area contributed by atoms with Crippen molar-refractivity contribution in [2.75, 3.05) is 0 Å². The Bertz CT molecular complexity index is 1130. The van der Waals surface area contributed by atoms with Gasteiger partial charge in [-0.05, 0) is 25.1 Å². The van der Waals surface area contributed by atoms with E-state index in [1.54, 1.807) is 16.7 Å². The first-order valence-electron chi connectivity index (χ1n) is 7.82. The summed E-state index contributed by atoms with van der Waals surface area (Å²) in [5, 5.41) is 0.478. The van der Waals surface area contributed by atoms with Gasteiger partial charge in [-0.3, -0.25) is 9.36 Å². The minimum Gasteiger partial charge on any atom is -0.277 e. The molecule has 2 aromatic rings. The van der Waals surface area contributed by atoms with Crippen LogP contribution in [-0.4, -0.2) is 14.1 Å². The maximum atomic E-state index is 13.1. The highest BCUT2D eigenvalue weighted by Crippen LogP contribution is 2.27. The van der Waals surface area contributed by atoms with Gasteiger partial charge in [-0.25, -0.2) is 14.3 Å². The molecule has 0 N–H and O–H groups in total. The van der Waals surface area contributed by atoms with E-state index in [0.717, 1.165) is 5.56 Å². The highest BCUT2D eigenvalue weighted by molar-refractivity contribution is 5.94. The smallest absolute Gasteiger partial charge is 0.277 e. The molecule has 0 saturated heterocycles. The van der Waals surface area contributed by atoms with Gasteiger partial charge < -0.3 is 0 Å². The van der Waals surface area contributed by atoms with E-state index in [1.165, 1.54) is 4.57 Å². The molecular formula is C19H15N3O2. The van der Waals surface area contributed by atoms with Crippen LogP contribution in [0.5, 0.6) is 0 Å². The molecule has 5 heteroatoms. The summed E-state index contributed by atoms with van der Waals surface area (Å²) in [6.45, 7) is 2.32. The summed E-state index contributed by atoms with van der Waals surface area (Å²) in [4.78, 5) is 30.5. The van der Waals surface area contributed by atoms with E-state index in [9.17, 15) is 9.59 Å². The first-order chi connectivity index (χ1) is 11.7. The van der Waals surface area contributed by atoms with Crippen LogP contribution in [0.4, 0.5) is 0 Å². The highest BCUT2D eigenvalue weighted by atomic mass is 16.2. The van der Waals surface area contributed by atoms with Crippen LogP contribution < -0.4 is 11.2 Å². The second-order valence-corrected chi connectivity index (χ2v) is 5.52. The van der Waals surface area contributed by atoms with Gasteiger partial charge in [0.25, 0.3) is 5.56 Å². The third-order valence-electron chi connectivity index (χ3n) is 4.16. The van der Waals surface area contributed by atoms with Gasteiger partial charge in [0, 0.05) is 12.1 Å². The Hall–Kier alpha value is -3.21. The van der Waals surface area contributed by atoms with Gasteiger partial charge in [0.05, 0.1) is 16.8 Å². The van der Waals surface area contributed by atoms with Gasteiger partial charge in [0.1, 0.15) is 0 Å². The number of nitrogens with zero attached hydrogens (tertiary/aromatic N) is 3. The SMILES string of the molecule is CCn1c(=O)n(-c2ccccc2)c(=O)c2c3cccccc-3nc21. The lowest BCUT2D eigenvalue weighted by Gasteiger charge is -2.09. The van der Waals surface area contributed by atoms with Gasteiger partial charge in [-0.1, -0.05) is 42.5 Å². The Morgan fingerprint density at radius 2 is 1.58 bits per heavy atom. The molecule has 118 valence electrons. The summed E-state index contributed by atoms with van der Waals surface area (Å²) in [5.74, 6) is 0. The number of aromatic nitrogens is 3. The van der Waals surface area contributed by atoms with Crippen molar-refractivity contribution in [1.29, 1.82) is 0 Å². The number of para-hydroxylation sites is 1.